The smallest absolute Gasteiger partial charge is 0.407 e. The molecular weight excluding hydrogens is 436 g/mol. The predicted molar refractivity (Wildman–Crippen MR) is 126 cm³/mol. The zero-order valence-corrected chi connectivity index (χ0v) is 19.1. The van der Waals surface area contributed by atoms with Crippen LogP contribution >= 0.6 is 0 Å². The van der Waals surface area contributed by atoms with Crippen molar-refractivity contribution < 1.29 is 29.3 Å². The number of carboxylic acid groups (broad SMARTS) is 1. The van der Waals surface area contributed by atoms with Crippen molar-refractivity contribution in [1.29, 1.82) is 0 Å². The molecule has 1 unspecified atom stereocenters. The first-order chi connectivity index (χ1) is 16.4. The Morgan fingerprint density at radius 2 is 1.74 bits per heavy atom. The molecule has 8 nitrogen and oxygen atoms in total. The lowest BCUT2D eigenvalue weighted by atomic mass is 9.82. The van der Waals surface area contributed by atoms with Gasteiger partial charge in [-0.15, -0.1) is 0 Å². The summed E-state index contributed by atoms with van der Waals surface area (Å²) in [6.07, 6.45) is 1.59. The van der Waals surface area contributed by atoms with Gasteiger partial charge in [-0.2, -0.15) is 0 Å². The van der Waals surface area contributed by atoms with Gasteiger partial charge >= 0.3 is 12.1 Å². The molecule has 8 heteroatoms. The minimum absolute atomic E-state index is 0.00424. The second-order valence-corrected chi connectivity index (χ2v) is 8.67. The van der Waals surface area contributed by atoms with Gasteiger partial charge in [0.15, 0.2) is 0 Å². The van der Waals surface area contributed by atoms with E-state index in [4.69, 9.17) is 14.6 Å². The van der Waals surface area contributed by atoms with Crippen molar-refractivity contribution >= 4 is 12.1 Å². The summed E-state index contributed by atoms with van der Waals surface area (Å²) in [7, 11) is 0. The van der Waals surface area contributed by atoms with Crippen LogP contribution in [-0.2, 0) is 21.6 Å². The summed E-state index contributed by atoms with van der Waals surface area (Å²) in [5.41, 5.74) is 0.815. The SMILES string of the molecule is O=C1C=C(O)CC(CCc2ccccc2)(c2ccccc2OCCN2CCN(C(=O)O)CC2)O1. The number of nitrogens with zero attached hydrogens (tertiary/aromatic N) is 2. The van der Waals surface area contributed by atoms with Crippen LogP contribution in [0.15, 0.2) is 66.4 Å². The molecule has 1 atom stereocenters. The molecule has 0 spiro atoms. The summed E-state index contributed by atoms with van der Waals surface area (Å²) in [5.74, 6) is 0.0422. The minimum Gasteiger partial charge on any atom is -0.512 e. The number of aliphatic hydroxyl groups excluding tert-OH is 1. The van der Waals surface area contributed by atoms with Crippen LogP contribution in [0.2, 0.25) is 0 Å². The van der Waals surface area contributed by atoms with E-state index in [1.165, 1.54) is 4.90 Å². The van der Waals surface area contributed by atoms with E-state index in [-0.39, 0.29) is 12.2 Å². The molecule has 2 heterocycles. The third-order valence-electron chi connectivity index (χ3n) is 6.39. The maximum atomic E-state index is 12.3. The van der Waals surface area contributed by atoms with Gasteiger partial charge < -0.3 is 24.6 Å². The van der Waals surface area contributed by atoms with Crippen LogP contribution in [0.1, 0.15) is 24.0 Å². The predicted octanol–water partition coefficient (Wildman–Crippen LogP) is 3.58. The molecule has 1 fully saturated rings. The Morgan fingerprint density at radius 1 is 1.03 bits per heavy atom. The molecule has 1 saturated heterocycles. The monoisotopic (exact) mass is 466 g/mol. The fraction of sp³-hybridized carbons (Fsp3) is 0.385. The first-order valence-electron chi connectivity index (χ1n) is 11.5. The molecule has 4 rings (SSSR count). The highest BCUT2D eigenvalue weighted by atomic mass is 16.6. The molecule has 0 aliphatic carbocycles. The van der Waals surface area contributed by atoms with Crippen molar-refractivity contribution in [3.05, 3.63) is 77.6 Å². The number of carbonyl (C=O) groups excluding carboxylic acids is 1. The largest absolute Gasteiger partial charge is 0.512 e. The average molecular weight is 467 g/mol. The number of amides is 1. The molecule has 2 aliphatic heterocycles. The number of ether oxygens (including phenoxy) is 2. The van der Waals surface area contributed by atoms with Gasteiger partial charge in [0, 0.05) is 44.7 Å². The van der Waals surface area contributed by atoms with Crippen LogP contribution in [0.3, 0.4) is 0 Å². The molecule has 180 valence electrons. The molecule has 2 aliphatic rings. The fourth-order valence-electron chi connectivity index (χ4n) is 4.57. The van der Waals surface area contributed by atoms with E-state index in [9.17, 15) is 14.7 Å². The van der Waals surface area contributed by atoms with E-state index in [1.807, 2.05) is 54.6 Å². The van der Waals surface area contributed by atoms with E-state index in [0.29, 0.717) is 57.9 Å². The van der Waals surface area contributed by atoms with Crippen molar-refractivity contribution in [2.75, 3.05) is 39.3 Å². The van der Waals surface area contributed by atoms with Gasteiger partial charge in [0.05, 0.1) is 6.08 Å². The number of benzene rings is 2. The van der Waals surface area contributed by atoms with Gasteiger partial charge in [-0.1, -0.05) is 48.5 Å². The highest BCUT2D eigenvalue weighted by Crippen LogP contribution is 2.43. The number of para-hydroxylation sites is 1. The van der Waals surface area contributed by atoms with E-state index < -0.39 is 17.7 Å². The van der Waals surface area contributed by atoms with Crippen LogP contribution in [0.25, 0.3) is 0 Å². The van der Waals surface area contributed by atoms with E-state index in [0.717, 1.165) is 17.2 Å². The lowest BCUT2D eigenvalue weighted by Gasteiger charge is -2.37. The summed E-state index contributed by atoms with van der Waals surface area (Å²) in [4.78, 5) is 27.0. The topological polar surface area (TPSA) is 99.5 Å². The Labute approximate surface area is 199 Å². The van der Waals surface area contributed by atoms with Crippen LogP contribution in [-0.4, -0.2) is 71.4 Å². The van der Waals surface area contributed by atoms with Crippen molar-refractivity contribution in [2.24, 2.45) is 0 Å². The molecule has 2 aromatic rings. The summed E-state index contributed by atoms with van der Waals surface area (Å²) < 4.78 is 12.0. The Kier molecular flexibility index (Phi) is 7.37. The van der Waals surface area contributed by atoms with Crippen molar-refractivity contribution in [2.45, 2.75) is 24.9 Å². The van der Waals surface area contributed by atoms with Crippen molar-refractivity contribution in [3.63, 3.8) is 0 Å². The maximum Gasteiger partial charge on any atom is 0.407 e. The number of esters is 1. The van der Waals surface area contributed by atoms with Gasteiger partial charge in [0.1, 0.15) is 23.7 Å². The quantitative estimate of drug-likeness (QED) is 0.574. The average Bonchev–Trinajstić information content (AvgIpc) is 2.83. The molecule has 0 bridgehead atoms. The fourth-order valence-corrected chi connectivity index (χ4v) is 4.57. The lowest BCUT2D eigenvalue weighted by molar-refractivity contribution is -0.159. The second kappa shape index (κ2) is 10.6. The number of piperazine rings is 1. The molecule has 0 radical (unpaired) electrons. The number of carbonyl (C=O) groups is 2. The van der Waals surface area contributed by atoms with Gasteiger partial charge in [-0.25, -0.2) is 9.59 Å². The Morgan fingerprint density at radius 3 is 2.44 bits per heavy atom. The Bertz CT molecular complexity index is 1030. The number of cyclic esters (lactones) is 1. The van der Waals surface area contributed by atoms with E-state index in [2.05, 4.69) is 4.90 Å². The normalized spacial score (nSPS) is 21.0. The van der Waals surface area contributed by atoms with E-state index >= 15 is 0 Å². The summed E-state index contributed by atoms with van der Waals surface area (Å²) in [6, 6.07) is 17.4. The molecule has 1 amide bonds. The Hall–Kier alpha value is -3.52. The molecule has 2 aromatic carbocycles. The van der Waals surface area contributed by atoms with Gasteiger partial charge in [-0.05, 0) is 24.5 Å². The highest BCUT2D eigenvalue weighted by molar-refractivity contribution is 5.84. The molecule has 34 heavy (non-hydrogen) atoms. The maximum absolute atomic E-state index is 12.3. The first kappa shape index (κ1) is 23.6. The van der Waals surface area contributed by atoms with Gasteiger partial charge in [0.25, 0.3) is 0 Å². The standard InChI is InChI=1S/C26H30N2O6/c29-21-18-24(30)34-26(19-21,11-10-20-6-2-1-3-7-20)22-8-4-5-9-23(22)33-17-16-27-12-14-28(15-13-27)25(31)32/h1-9,18,29H,10-17,19H2,(H,31,32). The highest BCUT2D eigenvalue weighted by Gasteiger charge is 2.42. The second-order valence-electron chi connectivity index (χ2n) is 8.67. The van der Waals surface area contributed by atoms with Crippen LogP contribution in [0.4, 0.5) is 4.79 Å². The third-order valence-corrected chi connectivity index (χ3v) is 6.39. The molecule has 0 saturated carbocycles. The summed E-state index contributed by atoms with van der Waals surface area (Å²) in [5, 5.41) is 19.4. The van der Waals surface area contributed by atoms with Crippen molar-refractivity contribution in [1.82, 2.24) is 9.80 Å². The molecule has 2 N–H and O–H groups in total. The third kappa shape index (κ3) is 5.69. The van der Waals surface area contributed by atoms with E-state index in [1.54, 1.807) is 0 Å². The zero-order chi connectivity index (χ0) is 24.0. The van der Waals surface area contributed by atoms with Crippen molar-refractivity contribution in [3.8, 4) is 5.75 Å². The Balaban J connectivity index is 1.47. The van der Waals surface area contributed by atoms with Crippen LogP contribution < -0.4 is 4.74 Å². The number of aryl methyl sites for hydroxylation is 1. The molecule has 0 aromatic heterocycles. The minimum atomic E-state index is -1.03. The first-order valence-corrected chi connectivity index (χ1v) is 11.5. The lowest BCUT2D eigenvalue weighted by Crippen LogP contribution is -2.49. The number of hydrogen-bond donors (Lipinski definition) is 2. The number of hydrogen-bond acceptors (Lipinski definition) is 6. The zero-order valence-electron chi connectivity index (χ0n) is 19.1. The number of rotatable bonds is 8. The molecular formula is C26H30N2O6. The van der Waals surface area contributed by atoms with Crippen LogP contribution in [0, 0.1) is 0 Å². The van der Waals surface area contributed by atoms with Crippen LogP contribution in [0.5, 0.6) is 5.75 Å². The summed E-state index contributed by atoms with van der Waals surface area (Å²) in [6.45, 7) is 3.35. The van der Waals surface area contributed by atoms with Gasteiger partial charge in [0.2, 0.25) is 0 Å². The summed E-state index contributed by atoms with van der Waals surface area (Å²) >= 11 is 0. The number of aliphatic hydroxyl groups is 1. The van der Waals surface area contributed by atoms with Gasteiger partial charge in [-0.3, -0.25) is 4.90 Å².